The fourth-order valence-electron chi connectivity index (χ4n) is 6.01. The van der Waals surface area contributed by atoms with Gasteiger partial charge in [0, 0.05) is 22.3 Å². The normalized spacial score (nSPS) is 20.9. The Kier molecular flexibility index (Phi) is 11.5. The zero-order valence-electron chi connectivity index (χ0n) is 26.9. The number of aromatic hydroxyl groups is 1. The molecule has 234 valence electrons. The SMILES string of the molecule is COc1cccc(C2OCC(=CCC/C(C)=C/CC/C(C)=C/CCC3(C)CCc4c(C)c(O)c(CO)c(C)c4O3)CO2)c1. The summed E-state index contributed by atoms with van der Waals surface area (Å²) in [6, 6.07) is 7.83. The minimum Gasteiger partial charge on any atom is -0.507 e. The van der Waals surface area contributed by atoms with Crippen molar-refractivity contribution in [1.29, 1.82) is 0 Å². The van der Waals surface area contributed by atoms with Crippen molar-refractivity contribution in [3.63, 3.8) is 0 Å². The molecule has 2 aromatic rings. The summed E-state index contributed by atoms with van der Waals surface area (Å²) in [6.45, 7) is 11.5. The van der Waals surface area contributed by atoms with Crippen molar-refractivity contribution in [1.82, 2.24) is 0 Å². The summed E-state index contributed by atoms with van der Waals surface area (Å²) in [6.07, 6.45) is 14.5. The fourth-order valence-corrected chi connectivity index (χ4v) is 6.01. The van der Waals surface area contributed by atoms with Crippen molar-refractivity contribution >= 4 is 0 Å². The van der Waals surface area contributed by atoms with E-state index in [1.807, 2.05) is 38.1 Å². The number of hydrogen-bond donors (Lipinski definition) is 2. The van der Waals surface area contributed by atoms with Crippen molar-refractivity contribution in [3.8, 4) is 17.2 Å². The van der Waals surface area contributed by atoms with Gasteiger partial charge in [0.05, 0.1) is 26.9 Å². The standard InChI is InChI=1S/C37H50O6/c1-25(13-8-15-29-23-41-36(42-24-29)30-16-9-17-31(21-30)40-6)11-7-12-26(2)14-10-19-37(5)20-18-32-27(3)34(39)33(22-38)28(4)35(32)43-37/h9,11,14-17,21,36,38-39H,7-8,10,12-13,18-20,22-24H2,1-6H3/b25-11+,26-14+,29-15?. The first kappa shape index (κ1) is 32.8. The van der Waals surface area contributed by atoms with Crippen LogP contribution < -0.4 is 9.47 Å². The first-order valence-corrected chi connectivity index (χ1v) is 15.6. The molecule has 0 aromatic heterocycles. The molecule has 1 saturated heterocycles. The average molecular weight is 591 g/mol. The molecule has 2 aromatic carbocycles. The predicted octanol–water partition coefficient (Wildman–Crippen LogP) is 8.50. The molecule has 2 aliphatic rings. The van der Waals surface area contributed by atoms with Crippen LogP contribution in [-0.4, -0.2) is 36.1 Å². The molecule has 0 radical (unpaired) electrons. The maximum absolute atomic E-state index is 10.5. The first-order chi connectivity index (χ1) is 20.6. The van der Waals surface area contributed by atoms with Crippen LogP contribution in [0, 0.1) is 13.8 Å². The summed E-state index contributed by atoms with van der Waals surface area (Å²) in [5, 5.41) is 20.3. The number of aliphatic hydroxyl groups is 1. The van der Waals surface area contributed by atoms with Gasteiger partial charge < -0.3 is 29.2 Å². The fraction of sp³-hybridized carbons (Fsp3) is 0.514. The number of benzene rings is 2. The van der Waals surface area contributed by atoms with Crippen molar-refractivity contribution in [2.24, 2.45) is 0 Å². The van der Waals surface area contributed by atoms with Crippen LogP contribution in [0.15, 0.2) is 59.2 Å². The molecule has 0 amide bonds. The van der Waals surface area contributed by atoms with Crippen LogP contribution in [0.3, 0.4) is 0 Å². The Morgan fingerprint density at radius 3 is 2.42 bits per heavy atom. The lowest BCUT2D eigenvalue weighted by molar-refractivity contribution is -0.161. The second-order valence-corrected chi connectivity index (χ2v) is 12.4. The molecule has 1 fully saturated rings. The quantitative estimate of drug-likeness (QED) is 0.241. The van der Waals surface area contributed by atoms with Crippen molar-refractivity contribution in [2.75, 3.05) is 20.3 Å². The monoisotopic (exact) mass is 590 g/mol. The number of phenols is 1. The van der Waals surface area contributed by atoms with E-state index in [1.165, 1.54) is 16.7 Å². The maximum atomic E-state index is 10.5. The van der Waals surface area contributed by atoms with Crippen molar-refractivity contribution in [2.45, 2.75) is 104 Å². The lowest BCUT2D eigenvalue weighted by atomic mass is 9.84. The Bertz CT molecular complexity index is 1340. The zero-order chi connectivity index (χ0) is 31.0. The molecule has 2 aliphatic heterocycles. The molecule has 4 rings (SSSR count). The van der Waals surface area contributed by atoms with Gasteiger partial charge in [-0.3, -0.25) is 0 Å². The number of rotatable bonds is 12. The van der Waals surface area contributed by atoms with Crippen LogP contribution in [-0.2, 0) is 22.5 Å². The third-order valence-corrected chi connectivity index (χ3v) is 8.95. The van der Waals surface area contributed by atoms with Gasteiger partial charge in [-0.05, 0) is 109 Å². The predicted molar refractivity (Wildman–Crippen MR) is 172 cm³/mol. The lowest BCUT2D eigenvalue weighted by Crippen LogP contribution is -2.37. The van der Waals surface area contributed by atoms with E-state index in [0.29, 0.717) is 18.8 Å². The lowest BCUT2D eigenvalue weighted by Gasteiger charge is -2.38. The van der Waals surface area contributed by atoms with Gasteiger partial charge in [-0.1, -0.05) is 41.5 Å². The molecule has 2 N–H and O–H groups in total. The van der Waals surface area contributed by atoms with E-state index in [4.69, 9.17) is 18.9 Å². The van der Waals surface area contributed by atoms with Gasteiger partial charge in [-0.15, -0.1) is 0 Å². The van der Waals surface area contributed by atoms with E-state index in [-0.39, 0.29) is 24.2 Å². The maximum Gasteiger partial charge on any atom is 0.184 e. The number of ether oxygens (including phenoxy) is 4. The third-order valence-electron chi connectivity index (χ3n) is 8.95. The van der Waals surface area contributed by atoms with Gasteiger partial charge in [0.15, 0.2) is 6.29 Å². The molecule has 6 nitrogen and oxygen atoms in total. The highest BCUT2D eigenvalue weighted by Gasteiger charge is 2.34. The number of methoxy groups -OCH3 is 1. The second kappa shape index (κ2) is 15.1. The van der Waals surface area contributed by atoms with Gasteiger partial charge >= 0.3 is 0 Å². The summed E-state index contributed by atoms with van der Waals surface area (Å²) < 4.78 is 23.8. The Morgan fingerprint density at radius 2 is 1.72 bits per heavy atom. The average Bonchev–Trinajstić information content (AvgIpc) is 3.00. The van der Waals surface area contributed by atoms with E-state index in [9.17, 15) is 10.2 Å². The minimum atomic E-state index is -0.344. The van der Waals surface area contributed by atoms with Crippen LogP contribution in [0.4, 0.5) is 0 Å². The first-order valence-electron chi connectivity index (χ1n) is 15.6. The van der Waals surface area contributed by atoms with Crippen LogP contribution >= 0.6 is 0 Å². The molecular weight excluding hydrogens is 540 g/mol. The highest BCUT2D eigenvalue weighted by molar-refractivity contribution is 5.58. The second-order valence-electron chi connectivity index (χ2n) is 12.4. The van der Waals surface area contributed by atoms with E-state index in [0.717, 1.165) is 85.1 Å². The number of aliphatic hydroxyl groups excluding tert-OH is 1. The number of allylic oxidation sites excluding steroid dienone is 5. The van der Waals surface area contributed by atoms with E-state index < -0.39 is 0 Å². The van der Waals surface area contributed by atoms with Gasteiger partial charge in [0.25, 0.3) is 0 Å². The molecule has 1 unspecified atom stereocenters. The molecule has 0 spiro atoms. The van der Waals surface area contributed by atoms with Crippen molar-refractivity contribution in [3.05, 3.63) is 87.0 Å². The molecule has 0 saturated carbocycles. The molecule has 2 heterocycles. The van der Waals surface area contributed by atoms with Crippen LogP contribution in [0.2, 0.25) is 0 Å². The largest absolute Gasteiger partial charge is 0.507 e. The molecule has 0 aliphatic carbocycles. The molecule has 1 atom stereocenters. The van der Waals surface area contributed by atoms with E-state index in [1.54, 1.807) is 7.11 Å². The number of fused-ring (bicyclic) bond motifs is 1. The topological polar surface area (TPSA) is 77.4 Å². The summed E-state index contributed by atoms with van der Waals surface area (Å²) in [5.74, 6) is 1.87. The van der Waals surface area contributed by atoms with E-state index >= 15 is 0 Å². The highest BCUT2D eigenvalue weighted by Crippen LogP contribution is 2.44. The summed E-state index contributed by atoms with van der Waals surface area (Å²) in [4.78, 5) is 0. The molecule has 0 bridgehead atoms. The highest BCUT2D eigenvalue weighted by atomic mass is 16.7. The van der Waals surface area contributed by atoms with Crippen LogP contribution in [0.25, 0.3) is 0 Å². The summed E-state index contributed by atoms with van der Waals surface area (Å²) >= 11 is 0. The molecule has 6 heteroatoms. The number of hydrogen-bond acceptors (Lipinski definition) is 6. The Labute approximate surface area is 258 Å². The Balaban J connectivity index is 1.17. The van der Waals surface area contributed by atoms with Crippen LogP contribution in [0.1, 0.15) is 99.8 Å². The van der Waals surface area contributed by atoms with Gasteiger partial charge in [-0.25, -0.2) is 0 Å². The van der Waals surface area contributed by atoms with Gasteiger partial charge in [0.1, 0.15) is 22.8 Å². The van der Waals surface area contributed by atoms with Crippen molar-refractivity contribution < 1.29 is 29.2 Å². The zero-order valence-corrected chi connectivity index (χ0v) is 26.9. The van der Waals surface area contributed by atoms with E-state index in [2.05, 4.69) is 39.0 Å². The van der Waals surface area contributed by atoms with Crippen LogP contribution in [0.5, 0.6) is 17.2 Å². The van der Waals surface area contributed by atoms with Gasteiger partial charge in [0.2, 0.25) is 0 Å². The summed E-state index contributed by atoms with van der Waals surface area (Å²) in [5.41, 5.74) is 8.09. The summed E-state index contributed by atoms with van der Waals surface area (Å²) in [7, 11) is 1.66. The smallest absolute Gasteiger partial charge is 0.184 e. The Hall–Kier alpha value is -3.06. The Morgan fingerprint density at radius 1 is 1.02 bits per heavy atom. The minimum absolute atomic E-state index is 0.185. The molecular formula is C37H50O6. The van der Waals surface area contributed by atoms with Gasteiger partial charge in [-0.2, -0.15) is 0 Å². The third kappa shape index (κ3) is 8.53. The molecule has 43 heavy (non-hydrogen) atoms.